The molecule has 122 valence electrons. The summed E-state index contributed by atoms with van der Waals surface area (Å²) in [5, 5.41) is 2.61. The minimum Gasteiger partial charge on any atom is -0.497 e. The topological polar surface area (TPSA) is 81.7 Å². The SMILES string of the molecule is COc1cc(OC)cc(C(=O)Nc2ccccc2S(C)(=O)=O)c1. The molecule has 0 fully saturated rings. The van der Waals surface area contributed by atoms with Crippen LogP contribution in [0.2, 0.25) is 0 Å². The van der Waals surface area contributed by atoms with Gasteiger partial charge in [0.15, 0.2) is 9.84 Å². The highest BCUT2D eigenvalue weighted by atomic mass is 32.2. The van der Waals surface area contributed by atoms with Gasteiger partial charge >= 0.3 is 0 Å². The largest absolute Gasteiger partial charge is 0.497 e. The standard InChI is InChI=1S/C16H17NO5S/c1-21-12-8-11(9-13(10-12)22-2)16(18)17-14-6-4-5-7-15(14)23(3,19)20/h4-10H,1-3H3,(H,17,18). The van der Waals surface area contributed by atoms with E-state index >= 15 is 0 Å². The van der Waals surface area contributed by atoms with Crippen LogP contribution in [0.4, 0.5) is 5.69 Å². The first kappa shape index (κ1) is 16.8. The molecule has 0 saturated heterocycles. The van der Waals surface area contributed by atoms with Crippen molar-refractivity contribution in [3.05, 3.63) is 48.0 Å². The van der Waals surface area contributed by atoms with E-state index in [2.05, 4.69) is 5.32 Å². The molecule has 0 aliphatic carbocycles. The molecule has 2 rings (SSSR count). The van der Waals surface area contributed by atoms with Crippen molar-refractivity contribution in [2.75, 3.05) is 25.8 Å². The Bertz CT molecular complexity index is 808. The molecule has 0 aliphatic heterocycles. The zero-order chi connectivity index (χ0) is 17.0. The molecule has 23 heavy (non-hydrogen) atoms. The second-order valence-corrected chi connectivity index (χ2v) is 6.81. The number of methoxy groups -OCH3 is 2. The molecule has 2 aromatic rings. The van der Waals surface area contributed by atoms with E-state index in [1.165, 1.54) is 26.4 Å². The number of carbonyl (C=O) groups excluding carboxylic acids is 1. The third-order valence-electron chi connectivity index (χ3n) is 3.15. The summed E-state index contributed by atoms with van der Waals surface area (Å²) >= 11 is 0. The number of nitrogens with one attached hydrogen (secondary N) is 1. The zero-order valence-corrected chi connectivity index (χ0v) is 13.8. The van der Waals surface area contributed by atoms with Crippen LogP contribution in [0.3, 0.4) is 0 Å². The molecule has 0 heterocycles. The third kappa shape index (κ3) is 4.01. The maximum atomic E-state index is 12.4. The molecule has 7 heteroatoms. The summed E-state index contributed by atoms with van der Waals surface area (Å²) in [6.45, 7) is 0. The number of hydrogen-bond acceptors (Lipinski definition) is 5. The van der Waals surface area contributed by atoms with Gasteiger partial charge < -0.3 is 14.8 Å². The van der Waals surface area contributed by atoms with Gasteiger partial charge in [0.2, 0.25) is 0 Å². The summed E-state index contributed by atoms with van der Waals surface area (Å²) in [7, 11) is -0.488. The molecular weight excluding hydrogens is 318 g/mol. The highest BCUT2D eigenvalue weighted by molar-refractivity contribution is 7.90. The average molecular weight is 335 g/mol. The lowest BCUT2D eigenvalue weighted by Gasteiger charge is -2.11. The van der Waals surface area contributed by atoms with Gasteiger partial charge in [-0.3, -0.25) is 4.79 Å². The van der Waals surface area contributed by atoms with E-state index in [0.717, 1.165) is 6.26 Å². The van der Waals surface area contributed by atoms with Crippen molar-refractivity contribution in [2.24, 2.45) is 0 Å². The molecule has 2 aromatic carbocycles. The summed E-state index contributed by atoms with van der Waals surface area (Å²) in [4.78, 5) is 12.5. The number of hydrogen-bond donors (Lipinski definition) is 1. The number of benzene rings is 2. The second-order valence-electron chi connectivity index (χ2n) is 4.82. The van der Waals surface area contributed by atoms with Gasteiger partial charge in [0.1, 0.15) is 11.5 Å². The summed E-state index contributed by atoms with van der Waals surface area (Å²) in [5.74, 6) is 0.468. The Morgan fingerprint density at radius 1 is 1.00 bits per heavy atom. The molecule has 0 unspecified atom stereocenters. The number of rotatable bonds is 5. The van der Waals surface area contributed by atoms with E-state index in [4.69, 9.17) is 9.47 Å². The summed E-state index contributed by atoms with van der Waals surface area (Å²) in [6, 6.07) is 10.9. The Balaban J connectivity index is 2.37. The minimum atomic E-state index is -3.45. The van der Waals surface area contributed by atoms with E-state index in [-0.39, 0.29) is 10.6 Å². The van der Waals surface area contributed by atoms with E-state index < -0.39 is 15.7 Å². The fourth-order valence-electron chi connectivity index (χ4n) is 2.03. The Morgan fingerprint density at radius 2 is 1.57 bits per heavy atom. The molecule has 0 aromatic heterocycles. The highest BCUT2D eigenvalue weighted by Crippen LogP contribution is 2.25. The first-order chi connectivity index (χ1) is 10.8. The van der Waals surface area contributed by atoms with Crippen LogP contribution in [0.15, 0.2) is 47.4 Å². The lowest BCUT2D eigenvalue weighted by Crippen LogP contribution is -2.14. The Morgan fingerprint density at radius 3 is 2.09 bits per heavy atom. The van der Waals surface area contributed by atoms with Crippen molar-refractivity contribution in [1.29, 1.82) is 0 Å². The first-order valence-electron chi connectivity index (χ1n) is 6.68. The van der Waals surface area contributed by atoms with Gasteiger partial charge in [-0.1, -0.05) is 12.1 Å². The molecule has 1 N–H and O–H groups in total. The predicted octanol–water partition coefficient (Wildman–Crippen LogP) is 2.36. The Hall–Kier alpha value is -2.54. The van der Waals surface area contributed by atoms with Crippen molar-refractivity contribution in [1.82, 2.24) is 0 Å². The van der Waals surface area contributed by atoms with E-state index in [1.807, 2.05) is 0 Å². The van der Waals surface area contributed by atoms with Crippen LogP contribution < -0.4 is 14.8 Å². The number of anilines is 1. The Labute approximate surface area is 135 Å². The summed E-state index contributed by atoms with van der Waals surface area (Å²) in [6.07, 6.45) is 1.09. The zero-order valence-electron chi connectivity index (χ0n) is 13.0. The molecule has 0 bridgehead atoms. The van der Waals surface area contributed by atoms with Crippen molar-refractivity contribution >= 4 is 21.4 Å². The summed E-state index contributed by atoms with van der Waals surface area (Å²) in [5.41, 5.74) is 0.520. The Kier molecular flexibility index (Phi) is 4.90. The van der Waals surface area contributed by atoms with E-state index in [1.54, 1.807) is 30.3 Å². The van der Waals surface area contributed by atoms with Gasteiger partial charge in [-0.15, -0.1) is 0 Å². The fraction of sp³-hybridized carbons (Fsp3) is 0.188. The fourth-order valence-corrected chi connectivity index (χ4v) is 2.87. The average Bonchev–Trinajstić information content (AvgIpc) is 2.53. The molecule has 0 saturated carbocycles. The monoisotopic (exact) mass is 335 g/mol. The first-order valence-corrected chi connectivity index (χ1v) is 8.58. The number of ether oxygens (including phenoxy) is 2. The van der Waals surface area contributed by atoms with Gasteiger partial charge in [-0.2, -0.15) is 0 Å². The van der Waals surface area contributed by atoms with Crippen LogP contribution in [0.25, 0.3) is 0 Å². The molecule has 0 radical (unpaired) electrons. The van der Waals surface area contributed by atoms with Crippen LogP contribution >= 0.6 is 0 Å². The molecule has 0 aliphatic rings. The number of para-hydroxylation sites is 1. The van der Waals surface area contributed by atoms with Crippen molar-refractivity contribution in [3.63, 3.8) is 0 Å². The number of sulfone groups is 1. The molecule has 0 spiro atoms. The van der Waals surface area contributed by atoms with Crippen molar-refractivity contribution < 1.29 is 22.7 Å². The minimum absolute atomic E-state index is 0.0585. The maximum Gasteiger partial charge on any atom is 0.255 e. The van der Waals surface area contributed by atoms with E-state index in [0.29, 0.717) is 17.1 Å². The molecule has 0 atom stereocenters. The molecule has 1 amide bonds. The lowest BCUT2D eigenvalue weighted by molar-refractivity contribution is 0.102. The highest BCUT2D eigenvalue weighted by Gasteiger charge is 2.16. The van der Waals surface area contributed by atoms with Crippen molar-refractivity contribution in [3.8, 4) is 11.5 Å². The van der Waals surface area contributed by atoms with Crippen LogP contribution in [0.1, 0.15) is 10.4 Å². The molecular formula is C16H17NO5S. The molecule has 6 nitrogen and oxygen atoms in total. The van der Waals surface area contributed by atoms with Gasteiger partial charge in [0, 0.05) is 17.9 Å². The maximum absolute atomic E-state index is 12.4. The van der Waals surface area contributed by atoms with Gasteiger partial charge in [0.05, 0.1) is 24.8 Å². The lowest BCUT2D eigenvalue weighted by atomic mass is 10.2. The third-order valence-corrected chi connectivity index (χ3v) is 4.30. The van der Waals surface area contributed by atoms with Crippen molar-refractivity contribution in [2.45, 2.75) is 4.90 Å². The normalized spacial score (nSPS) is 10.9. The van der Waals surface area contributed by atoms with Gasteiger partial charge in [-0.05, 0) is 24.3 Å². The number of carbonyl (C=O) groups is 1. The van der Waals surface area contributed by atoms with Gasteiger partial charge in [-0.25, -0.2) is 8.42 Å². The summed E-state index contributed by atoms with van der Waals surface area (Å²) < 4.78 is 33.8. The van der Waals surface area contributed by atoms with E-state index in [9.17, 15) is 13.2 Å². The quantitative estimate of drug-likeness (QED) is 0.907. The van der Waals surface area contributed by atoms with Gasteiger partial charge in [0.25, 0.3) is 5.91 Å². The van der Waals surface area contributed by atoms with Crippen LogP contribution in [0, 0.1) is 0 Å². The smallest absolute Gasteiger partial charge is 0.255 e. The van der Waals surface area contributed by atoms with Crippen LogP contribution in [-0.2, 0) is 9.84 Å². The van der Waals surface area contributed by atoms with Crippen LogP contribution in [0.5, 0.6) is 11.5 Å². The number of amides is 1. The van der Waals surface area contributed by atoms with Crippen LogP contribution in [-0.4, -0.2) is 34.8 Å². The predicted molar refractivity (Wildman–Crippen MR) is 87.1 cm³/mol. The second kappa shape index (κ2) is 6.70.